The second-order valence-corrected chi connectivity index (χ2v) is 12.2. The van der Waals surface area contributed by atoms with E-state index in [4.69, 9.17) is 0 Å². The molecule has 2 aromatic rings. The Labute approximate surface area is 205 Å². The standard InChI is InChI=1S/C26H31F2N3O3S/c1-35(33,34)31-17-26(23-6-2-3-7-24(23)31)10-8-18(9-11-26)25(32)29-21-5-4-12-30(16-21)22-14-19(27)13-20(28)15-22/h2-3,6-7,13-15,18,21H,4-5,8-12,16-17H2,1H3,(H,29,32). The number of piperidine rings is 1. The normalized spacial score (nSPS) is 26.6. The molecule has 1 saturated carbocycles. The second kappa shape index (κ2) is 9.08. The number of hydrogen-bond acceptors (Lipinski definition) is 4. The smallest absolute Gasteiger partial charge is 0.232 e. The molecule has 2 aromatic carbocycles. The lowest BCUT2D eigenvalue weighted by Gasteiger charge is -2.39. The fraction of sp³-hybridized carbons (Fsp3) is 0.500. The summed E-state index contributed by atoms with van der Waals surface area (Å²) in [5, 5.41) is 3.17. The fourth-order valence-corrected chi connectivity index (χ4v) is 7.11. The van der Waals surface area contributed by atoms with Gasteiger partial charge in [-0.25, -0.2) is 17.2 Å². The predicted molar refractivity (Wildman–Crippen MR) is 132 cm³/mol. The lowest BCUT2D eigenvalue weighted by Crippen LogP contribution is -2.50. The topological polar surface area (TPSA) is 69.7 Å². The monoisotopic (exact) mass is 503 g/mol. The molecule has 6 nitrogen and oxygen atoms in total. The van der Waals surface area contributed by atoms with E-state index in [1.165, 1.54) is 22.7 Å². The van der Waals surface area contributed by atoms with E-state index in [1.54, 1.807) is 0 Å². The third-order valence-electron chi connectivity index (χ3n) is 7.88. The Morgan fingerprint density at radius 1 is 1.06 bits per heavy atom. The van der Waals surface area contributed by atoms with Crippen LogP contribution in [0.1, 0.15) is 44.1 Å². The summed E-state index contributed by atoms with van der Waals surface area (Å²) in [6.45, 7) is 1.64. The Balaban J connectivity index is 1.22. The fourth-order valence-electron chi connectivity index (χ4n) is 6.11. The molecule has 1 amide bonds. The minimum atomic E-state index is -3.37. The number of carbonyl (C=O) groups excluding carboxylic acids is 1. The summed E-state index contributed by atoms with van der Waals surface area (Å²) in [4.78, 5) is 15.1. The summed E-state index contributed by atoms with van der Waals surface area (Å²) in [5.74, 6) is -1.32. The molecule has 1 N–H and O–H groups in total. The van der Waals surface area contributed by atoms with Crippen molar-refractivity contribution in [1.82, 2.24) is 5.32 Å². The van der Waals surface area contributed by atoms with Crippen LogP contribution in [0.5, 0.6) is 0 Å². The number of hydrogen-bond donors (Lipinski definition) is 1. The molecule has 1 aliphatic carbocycles. The van der Waals surface area contributed by atoms with Gasteiger partial charge in [-0.15, -0.1) is 0 Å². The minimum Gasteiger partial charge on any atom is -0.369 e. The highest BCUT2D eigenvalue weighted by Gasteiger charge is 2.48. The highest BCUT2D eigenvalue weighted by Crippen LogP contribution is 2.50. The average molecular weight is 504 g/mol. The van der Waals surface area contributed by atoms with Gasteiger partial charge in [-0.05, 0) is 62.3 Å². The van der Waals surface area contributed by atoms with E-state index in [2.05, 4.69) is 5.32 Å². The number of nitrogens with zero attached hydrogens (tertiary/aromatic N) is 2. The molecular formula is C26H31F2N3O3S. The van der Waals surface area contributed by atoms with Crippen LogP contribution in [0, 0.1) is 17.6 Å². The zero-order valence-corrected chi connectivity index (χ0v) is 20.7. The number of halogens is 2. The van der Waals surface area contributed by atoms with Gasteiger partial charge in [0.15, 0.2) is 0 Å². The number of rotatable bonds is 4. The molecular weight excluding hydrogens is 472 g/mol. The van der Waals surface area contributed by atoms with Gasteiger partial charge in [-0.1, -0.05) is 18.2 Å². The highest BCUT2D eigenvalue weighted by atomic mass is 32.2. The van der Waals surface area contributed by atoms with Crippen LogP contribution in [0.25, 0.3) is 0 Å². The SMILES string of the molecule is CS(=O)(=O)N1CC2(CCC(C(=O)NC3CCCN(c4cc(F)cc(F)c4)C3)CC2)c2ccccc21. The quantitative estimate of drug-likeness (QED) is 0.686. The van der Waals surface area contributed by atoms with E-state index in [0.29, 0.717) is 38.2 Å². The lowest BCUT2D eigenvalue weighted by atomic mass is 9.67. The summed E-state index contributed by atoms with van der Waals surface area (Å²) in [6, 6.07) is 11.1. The van der Waals surface area contributed by atoms with Gasteiger partial charge in [0.25, 0.3) is 0 Å². The van der Waals surface area contributed by atoms with Gasteiger partial charge in [0.2, 0.25) is 15.9 Å². The van der Waals surface area contributed by atoms with Crippen molar-refractivity contribution in [2.24, 2.45) is 5.92 Å². The molecule has 188 valence electrons. The zero-order chi connectivity index (χ0) is 24.8. The van der Waals surface area contributed by atoms with Gasteiger partial charge in [0, 0.05) is 48.8 Å². The van der Waals surface area contributed by atoms with Crippen molar-refractivity contribution in [3.63, 3.8) is 0 Å². The third kappa shape index (κ3) is 4.75. The van der Waals surface area contributed by atoms with Gasteiger partial charge >= 0.3 is 0 Å². The predicted octanol–water partition coefficient (Wildman–Crippen LogP) is 3.96. The molecule has 3 aliphatic rings. The maximum atomic E-state index is 13.7. The van der Waals surface area contributed by atoms with Crippen molar-refractivity contribution in [1.29, 1.82) is 0 Å². The molecule has 0 radical (unpaired) electrons. The van der Waals surface area contributed by atoms with Crippen molar-refractivity contribution >= 4 is 27.3 Å². The Bertz CT molecular complexity index is 1210. The van der Waals surface area contributed by atoms with E-state index in [1.807, 2.05) is 29.2 Å². The Morgan fingerprint density at radius 3 is 2.43 bits per heavy atom. The van der Waals surface area contributed by atoms with Crippen LogP contribution in [-0.4, -0.2) is 46.3 Å². The molecule has 5 rings (SSSR count). The first-order chi connectivity index (χ1) is 16.6. The van der Waals surface area contributed by atoms with Gasteiger partial charge in [0.1, 0.15) is 11.6 Å². The molecule has 9 heteroatoms. The van der Waals surface area contributed by atoms with Crippen LogP contribution in [0.4, 0.5) is 20.2 Å². The number of para-hydroxylation sites is 1. The Kier molecular flexibility index (Phi) is 6.23. The van der Waals surface area contributed by atoms with Crippen molar-refractivity contribution < 1.29 is 22.0 Å². The molecule has 2 fully saturated rings. The molecule has 1 atom stereocenters. The van der Waals surface area contributed by atoms with Crippen LogP contribution < -0.4 is 14.5 Å². The van der Waals surface area contributed by atoms with E-state index in [0.717, 1.165) is 43.0 Å². The molecule has 35 heavy (non-hydrogen) atoms. The van der Waals surface area contributed by atoms with Gasteiger partial charge in [-0.2, -0.15) is 0 Å². The second-order valence-electron chi connectivity index (χ2n) is 10.3. The number of carbonyl (C=O) groups is 1. The maximum Gasteiger partial charge on any atom is 0.232 e. The number of sulfonamides is 1. The first kappa shape index (κ1) is 24.0. The summed E-state index contributed by atoms with van der Waals surface area (Å²) in [6.07, 6.45) is 5.81. The van der Waals surface area contributed by atoms with Crippen molar-refractivity contribution in [2.45, 2.75) is 50.0 Å². The number of amides is 1. The summed E-state index contributed by atoms with van der Waals surface area (Å²) < 4.78 is 53.6. The van der Waals surface area contributed by atoms with Crippen LogP contribution >= 0.6 is 0 Å². The van der Waals surface area contributed by atoms with E-state index in [9.17, 15) is 22.0 Å². The molecule has 0 aromatic heterocycles. The highest BCUT2D eigenvalue weighted by molar-refractivity contribution is 7.92. The molecule has 1 spiro atoms. The molecule has 1 unspecified atom stereocenters. The Hall–Kier alpha value is -2.68. The third-order valence-corrected chi connectivity index (χ3v) is 9.01. The summed E-state index contributed by atoms with van der Waals surface area (Å²) >= 11 is 0. The number of benzene rings is 2. The molecule has 0 bridgehead atoms. The van der Waals surface area contributed by atoms with E-state index in [-0.39, 0.29) is 23.3 Å². The van der Waals surface area contributed by atoms with Crippen LogP contribution in [0.3, 0.4) is 0 Å². The van der Waals surface area contributed by atoms with Crippen molar-refractivity contribution in [2.75, 3.05) is 35.1 Å². The van der Waals surface area contributed by atoms with Gasteiger partial charge < -0.3 is 10.2 Å². The largest absolute Gasteiger partial charge is 0.369 e. The van der Waals surface area contributed by atoms with Crippen molar-refractivity contribution in [3.05, 3.63) is 59.7 Å². The van der Waals surface area contributed by atoms with Crippen LogP contribution in [0.15, 0.2) is 42.5 Å². The number of nitrogens with one attached hydrogen (secondary N) is 1. The Morgan fingerprint density at radius 2 is 1.74 bits per heavy atom. The first-order valence-electron chi connectivity index (χ1n) is 12.2. The number of fused-ring (bicyclic) bond motifs is 2. The van der Waals surface area contributed by atoms with Gasteiger partial charge in [-0.3, -0.25) is 9.10 Å². The number of anilines is 2. The lowest BCUT2D eigenvalue weighted by molar-refractivity contribution is -0.127. The van der Waals surface area contributed by atoms with Gasteiger partial charge in [0.05, 0.1) is 11.9 Å². The van der Waals surface area contributed by atoms with Crippen LogP contribution in [-0.2, 0) is 20.2 Å². The zero-order valence-electron chi connectivity index (χ0n) is 19.8. The maximum absolute atomic E-state index is 13.7. The molecule has 1 saturated heterocycles. The van der Waals surface area contributed by atoms with Crippen LogP contribution in [0.2, 0.25) is 0 Å². The molecule has 2 heterocycles. The van der Waals surface area contributed by atoms with E-state index < -0.39 is 21.7 Å². The summed E-state index contributed by atoms with van der Waals surface area (Å²) in [5.41, 5.74) is 2.07. The average Bonchev–Trinajstić information content (AvgIpc) is 3.14. The first-order valence-corrected chi connectivity index (χ1v) is 14.1. The van der Waals surface area contributed by atoms with Crippen molar-refractivity contribution in [3.8, 4) is 0 Å². The minimum absolute atomic E-state index is 0.0170. The van der Waals surface area contributed by atoms with E-state index >= 15 is 0 Å². The molecule has 2 aliphatic heterocycles. The summed E-state index contributed by atoms with van der Waals surface area (Å²) in [7, 11) is -3.37.